The van der Waals surface area contributed by atoms with Crippen molar-refractivity contribution in [2.24, 2.45) is 0 Å². The Labute approximate surface area is 83.4 Å². The Morgan fingerprint density at radius 1 is 1.29 bits per heavy atom. The summed E-state index contributed by atoms with van der Waals surface area (Å²) in [7, 11) is 3.16. The molecule has 78 valence electrons. The molecule has 0 saturated heterocycles. The van der Waals surface area contributed by atoms with Crippen molar-refractivity contribution in [2.45, 2.75) is 12.8 Å². The quantitative estimate of drug-likeness (QED) is 0.554. The molecular formula is C10H15NO3. The molecule has 0 bridgehead atoms. The summed E-state index contributed by atoms with van der Waals surface area (Å²) in [6.07, 6.45) is -0.389. The maximum atomic E-state index is 8.64. The monoisotopic (exact) mass is 197 g/mol. The third kappa shape index (κ3) is 2.52. The summed E-state index contributed by atoms with van der Waals surface area (Å²) in [5, 5.41) is 8.64. The molecule has 1 aromatic rings. The van der Waals surface area contributed by atoms with Gasteiger partial charge in [0.05, 0.1) is 0 Å². The normalized spacial score (nSPS) is 10.9. The van der Waals surface area contributed by atoms with Crippen LogP contribution in [0.2, 0.25) is 0 Å². The summed E-state index contributed by atoms with van der Waals surface area (Å²) < 4.78 is 10.3. The molecule has 0 fully saturated rings. The summed E-state index contributed by atoms with van der Waals surface area (Å²) >= 11 is 0. The second-order valence-corrected chi connectivity index (χ2v) is 2.84. The zero-order valence-corrected chi connectivity index (χ0v) is 8.36. The van der Waals surface area contributed by atoms with Gasteiger partial charge in [0.1, 0.15) is 0 Å². The minimum atomic E-state index is -0.389. The largest absolute Gasteiger partial charge is 0.352 e. The van der Waals surface area contributed by atoms with Crippen LogP contribution >= 0.6 is 0 Å². The van der Waals surface area contributed by atoms with Crippen LogP contribution in [0.15, 0.2) is 24.3 Å². The van der Waals surface area contributed by atoms with Crippen molar-refractivity contribution in [3.05, 3.63) is 35.4 Å². The molecule has 0 aliphatic heterocycles. The van der Waals surface area contributed by atoms with Crippen molar-refractivity contribution in [1.82, 2.24) is 5.48 Å². The predicted octanol–water partition coefficient (Wildman–Crippen LogP) is 1.46. The Hall–Kier alpha value is -0.940. The van der Waals surface area contributed by atoms with Gasteiger partial charge in [-0.1, -0.05) is 24.3 Å². The molecular weight excluding hydrogens is 182 g/mol. The van der Waals surface area contributed by atoms with E-state index in [9.17, 15) is 0 Å². The summed E-state index contributed by atoms with van der Waals surface area (Å²) in [6.45, 7) is 0.374. The van der Waals surface area contributed by atoms with E-state index in [1.807, 2.05) is 24.3 Å². The third-order valence-electron chi connectivity index (χ3n) is 2.01. The Bertz CT molecular complexity index is 274. The molecule has 0 aliphatic carbocycles. The van der Waals surface area contributed by atoms with Crippen LogP contribution in [0.25, 0.3) is 0 Å². The average Bonchev–Trinajstić information content (AvgIpc) is 2.23. The summed E-state index contributed by atoms with van der Waals surface area (Å²) in [6, 6.07) is 7.62. The third-order valence-corrected chi connectivity index (χ3v) is 2.01. The minimum Gasteiger partial charge on any atom is -0.352 e. The summed E-state index contributed by atoms with van der Waals surface area (Å²) in [5.41, 5.74) is 3.98. The van der Waals surface area contributed by atoms with E-state index in [2.05, 4.69) is 5.48 Å². The molecule has 0 heterocycles. The van der Waals surface area contributed by atoms with Gasteiger partial charge in [-0.25, -0.2) is 5.48 Å². The van der Waals surface area contributed by atoms with Crippen molar-refractivity contribution in [3.63, 3.8) is 0 Å². The van der Waals surface area contributed by atoms with Crippen molar-refractivity contribution in [2.75, 3.05) is 14.2 Å². The Balaban J connectivity index is 2.92. The van der Waals surface area contributed by atoms with Crippen molar-refractivity contribution >= 4 is 0 Å². The number of hydroxylamine groups is 1. The number of hydrogen-bond acceptors (Lipinski definition) is 4. The minimum absolute atomic E-state index is 0.374. The first kappa shape index (κ1) is 11.1. The second-order valence-electron chi connectivity index (χ2n) is 2.84. The van der Waals surface area contributed by atoms with E-state index >= 15 is 0 Å². The predicted molar refractivity (Wildman–Crippen MR) is 51.8 cm³/mol. The van der Waals surface area contributed by atoms with Gasteiger partial charge in [-0.3, -0.25) is 0 Å². The van der Waals surface area contributed by atoms with Gasteiger partial charge >= 0.3 is 0 Å². The van der Waals surface area contributed by atoms with Crippen LogP contribution in [0.5, 0.6) is 0 Å². The average molecular weight is 197 g/mol. The van der Waals surface area contributed by atoms with E-state index in [1.54, 1.807) is 14.2 Å². The molecule has 4 heteroatoms. The topological polar surface area (TPSA) is 50.7 Å². The number of methoxy groups -OCH3 is 2. The molecule has 1 rings (SSSR count). The molecule has 0 amide bonds. The molecule has 0 aliphatic rings. The summed E-state index contributed by atoms with van der Waals surface area (Å²) in [5.74, 6) is 0. The highest BCUT2D eigenvalue weighted by molar-refractivity contribution is 5.27. The van der Waals surface area contributed by atoms with E-state index in [-0.39, 0.29) is 6.29 Å². The van der Waals surface area contributed by atoms with Crippen LogP contribution in [0.4, 0.5) is 0 Å². The van der Waals surface area contributed by atoms with Gasteiger partial charge in [-0.05, 0) is 5.56 Å². The first-order valence-electron chi connectivity index (χ1n) is 4.33. The van der Waals surface area contributed by atoms with Gasteiger partial charge in [0.15, 0.2) is 6.29 Å². The maximum Gasteiger partial charge on any atom is 0.183 e. The molecule has 14 heavy (non-hydrogen) atoms. The molecule has 0 atom stereocenters. The Kier molecular flexibility index (Phi) is 4.55. The highest BCUT2D eigenvalue weighted by Gasteiger charge is 2.12. The van der Waals surface area contributed by atoms with Crippen LogP contribution in [0.3, 0.4) is 0 Å². The molecule has 0 spiro atoms. The van der Waals surface area contributed by atoms with Gasteiger partial charge < -0.3 is 14.7 Å². The second kappa shape index (κ2) is 5.72. The van der Waals surface area contributed by atoms with Crippen LogP contribution < -0.4 is 5.48 Å². The van der Waals surface area contributed by atoms with Crippen molar-refractivity contribution in [1.29, 1.82) is 0 Å². The van der Waals surface area contributed by atoms with Crippen molar-refractivity contribution < 1.29 is 14.7 Å². The molecule has 1 aromatic carbocycles. The highest BCUT2D eigenvalue weighted by Crippen LogP contribution is 2.21. The van der Waals surface area contributed by atoms with Crippen LogP contribution in [0, 0.1) is 0 Å². The number of benzene rings is 1. The maximum absolute atomic E-state index is 8.64. The fourth-order valence-corrected chi connectivity index (χ4v) is 1.36. The fraction of sp³-hybridized carbons (Fsp3) is 0.400. The van der Waals surface area contributed by atoms with E-state index in [1.165, 1.54) is 0 Å². The Morgan fingerprint density at radius 2 is 1.93 bits per heavy atom. The standard InChI is InChI=1S/C10H15NO3/c1-13-10(14-2)9-6-4-3-5-8(9)7-11-12/h3-6,10-12H,7H2,1-2H3. The lowest BCUT2D eigenvalue weighted by Gasteiger charge is -2.17. The number of ether oxygens (including phenoxy) is 2. The SMILES string of the molecule is COC(OC)c1ccccc1CNO. The lowest BCUT2D eigenvalue weighted by Crippen LogP contribution is -2.12. The highest BCUT2D eigenvalue weighted by atomic mass is 16.7. The van der Waals surface area contributed by atoms with Crippen LogP contribution in [-0.4, -0.2) is 19.4 Å². The van der Waals surface area contributed by atoms with Gasteiger partial charge in [0.25, 0.3) is 0 Å². The smallest absolute Gasteiger partial charge is 0.183 e. The van der Waals surface area contributed by atoms with Crippen molar-refractivity contribution in [3.8, 4) is 0 Å². The van der Waals surface area contributed by atoms with Gasteiger partial charge in [0, 0.05) is 26.3 Å². The first-order chi connectivity index (χ1) is 6.83. The molecule has 0 saturated carbocycles. The van der Waals surface area contributed by atoms with Crippen LogP contribution in [-0.2, 0) is 16.0 Å². The molecule has 0 aromatic heterocycles. The van der Waals surface area contributed by atoms with Gasteiger partial charge in [-0.2, -0.15) is 0 Å². The first-order valence-corrected chi connectivity index (χ1v) is 4.33. The molecule has 0 radical (unpaired) electrons. The number of hydrogen-bond donors (Lipinski definition) is 2. The lowest BCUT2D eigenvalue weighted by molar-refractivity contribution is -0.106. The Morgan fingerprint density at radius 3 is 2.50 bits per heavy atom. The number of rotatable bonds is 5. The van der Waals surface area contributed by atoms with E-state index < -0.39 is 0 Å². The molecule has 2 N–H and O–H groups in total. The fourth-order valence-electron chi connectivity index (χ4n) is 1.36. The summed E-state index contributed by atoms with van der Waals surface area (Å²) in [4.78, 5) is 0. The van der Waals surface area contributed by atoms with Gasteiger partial charge in [0.2, 0.25) is 0 Å². The number of nitrogens with one attached hydrogen (secondary N) is 1. The van der Waals surface area contributed by atoms with Gasteiger partial charge in [-0.15, -0.1) is 0 Å². The zero-order chi connectivity index (χ0) is 10.4. The van der Waals surface area contributed by atoms with E-state index in [0.29, 0.717) is 6.54 Å². The zero-order valence-electron chi connectivity index (χ0n) is 8.36. The molecule has 0 unspecified atom stereocenters. The molecule has 4 nitrogen and oxygen atoms in total. The van der Waals surface area contributed by atoms with Crippen LogP contribution in [0.1, 0.15) is 17.4 Å². The lowest BCUT2D eigenvalue weighted by atomic mass is 10.1. The van der Waals surface area contributed by atoms with E-state index in [4.69, 9.17) is 14.7 Å². The van der Waals surface area contributed by atoms with E-state index in [0.717, 1.165) is 11.1 Å².